The summed E-state index contributed by atoms with van der Waals surface area (Å²) in [6.07, 6.45) is -0.414. The minimum Gasteiger partial charge on any atom is -0.464 e. The highest BCUT2D eigenvalue weighted by atomic mass is 16.5. The first kappa shape index (κ1) is 11.7. The van der Waals surface area contributed by atoms with Crippen LogP contribution in [0.15, 0.2) is 24.3 Å². The minimum absolute atomic E-state index is 0.349. The number of hydrogen-bond donors (Lipinski definition) is 1. The van der Waals surface area contributed by atoms with Crippen molar-refractivity contribution in [2.75, 3.05) is 6.61 Å². The fraction of sp³-hybridized carbons (Fsp3) is 0.417. The normalized spacial score (nSPS) is 12.2. The molecule has 0 radical (unpaired) electrons. The Bertz CT molecular complexity index is 333. The molecule has 1 unspecified atom stereocenters. The summed E-state index contributed by atoms with van der Waals surface area (Å²) in [5.41, 5.74) is 1.59. The van der Waals surface area contributed by atoms with E-state index in [4.69, 9.17) is 4.74 Å². The van der Waals surface area contributed by atoms with E-state index >= 15 is 0 Å². The van der Waals surface area contributed by atoms with E-state index in [0.29, 0.717) is 12.2 Å². The number of aliphatic hydroxyl groups excluding tert-OH is 1. The van der Waals surface area contributed by atoms with E-state index in [1.54, 1.807) is 18.2 Å². The average Bonchev–Trinajstić information content (AvgIpc) is 2.24. The fourth-order valence-corrected chi connectivity index (χ4v) is 1.26. The fourth-order valence-electron chi connectivity index (χ4n) is 1.26. The van der Waals surface area contributed by atoms with E-state index in [1.807, 2.05) is 19.9 Å². The number of aliphatic hydroxyl groups is 1. The van der Waals surface area contributed by atoms with Gasteiger partial charge in [-0.1, -0.05) is 36.8 Å². The van der Waals surface area contributed by atoms with E-state index in [1.165, 1.54) is 0 Å². The summed E-state index contributed by atoms with van der Waals surface area (Å²) in [6, 6.07) is 7.21. The molecule has 1 atom stereocenters. The SMILES string of the molecule is CCCOC(=O)C(O)c1cccc(C)c1. The van der Waals surface area contributed by atoms with Gasteiger partial charge in [-0.05, 0) is 18.9 Å². The standard InChI is InChI=1S/C12H16O3/c1-3-7-15-12(14)11(13)10-6-4-5-9(2)8-10/h4-6,8,11,13H,3,7H2,1-2H3. The van der Waals surface area contributed by atoms with Crippen LogP contribution in [-0.2, 0) is 9.53 Å². The largest absolute Gasteiger partial charge is 0.464 e. The maximum absolute atomic E-state index is 11.3. The van der Waals surface area contributed by atoms with Crippen LogP contribution in [0.25, 0.3) is 0 Å². The minimum atomic E-state index is -1.17. The Labute approximate surface area is 89.7 Å². The molecule has 3 heteroatoms. The van der Waals surface area contributed by atoms with E-state index < -0.39 is 12.1 Å². The Morgan fingerprint density at radius 2 is 2.27 bits per heavy atom. The molecule has 0 aliphatic carbocycles. The van der Waals surface area contributed by atoms with Gasteiger partial charge in [0.1, 0.15) is 0 Å². The molecule has 0 aliphatic rings. The molecule has 0 aromatic heterocycles. The van der Waals surface area contributed by atoms with Crippen LogP contribution < -0.4 is 0 Å². The van der Waals surface area contributed by atoms with Crippen LogP contribution in [0.3, 0.4) is 0 Å². The number of ether oxygens (including phenoxy) is 1. The summed E-state index contributed by atoms with van der Waals surface area (Å²) in [4.78, 5) is 11.3. The predicted octanol–water partition coefficient (Wildman–Crippen LogP) is 1.98. The number of carbonyl (C=O) groups excluding carboxylic acids is 1. The molecule has 3 nitrogen and oxygen atoms in total. The molecule has 1 N–H and O–H groups in total. The van der Waals surface area contributed by atoms with Crippen LogP contribution in [-0.4, -0.2) is 17.7 Å². The van der Waals surface area contributed by atoms with Crippen molar-refractivity contribution in [1.82, 2.24) is 0 Å². The quantitative estimate of drug-likeness (QED) is 0.769. The Morgan fingerprint density at radius 1 is 1.53 bits per heavy atom. The first-order valence-corrected chi connectivity index (χ1v) is 5.06. The van der Waals surface area contributed by atoms with Gasteiger partial charge in [0.2, 0.25) is 0 Å². The average molecular weight is 208 g/mol. The highest BCUT2D eigenvalue weighted by molar-refractivity contribution is 5.76. The first-order valence-electron chi connectivity index (χ1n) is 5.06. The molecule has 0 saturated carbocycles. The number of benzene rings is 1. The monoisotopic (exact) mass is 208 g/mol. The summed E-state index contributed by atoms with van der Waals surface area (Å²) in [5, 5.41) is 9.67. The predicted molar refractivity (Wildman–Crippen MR) is 57.4 cm³/mol. The van der Waals surface area contributed by atoms with Crippen LogP contribution in [0.2, 0.25) is 0 Å². The van der Waals surface area contributed by atoms with Gasteiger partial charge < -0.3 is 9.84 Å². The maximum Gasteiger partial charge on any atom is 0.339 e. The molecule has 0 saturated heterocycles. The number of hydrogen-bond acceptors (Lipinski definition) is 3. The molecular formula is C12H16O3. The second-order valence-corrected chi connectivity index (χ2v) is 3.48. The van der Waals surface area contributed by atoms with Gasteiger partial charge in [0.05, 0.1) is 6.61 Å². The highest BCUT2D eigenvalue weighted by Crippen LogP contribution is 2.15. The van der Waals surface area contributed by atoms with Gasteiger partial charge in [-0.2, -0.15) is 0 Å². The lowest BCUT2D eigenvalue weighted by Crippen LogP contribution is -2.16. The van der Waals surface area contributed by atoms with Gasteiger partial charge in [0.15, 0.2) is 6.10 Å². The zero-order valence-corrected chi connectivity index (χ0v) is 9.06. The lowest BCUT2D eigenvalue weighted by molar-refractivity contribution is -0.153. The molecule has 0 heterocycles. The van der Waals surface area contributed by atoms with Crippen LogP contribution >= 0.6 is 0 Å². The number of carbonyl (C=O) groups is 1. The Kier molecular flexibility index (Phi) is 4.31. The van der Waals surface area contributed by atoms with Gasteiger partial charge in [0, 0.05) is 0 Å². The van der Waals surface area contributed by atoms with E-state index in [9.17, 15) is 9.90 Å². The van der Waals surface area contributed by atoms with Crippen molar-refractivity contribution in [1.29, 1.82) is 0 Å². The van der Waals surface area contributed by atoms with Gasteiger partial charge >= 0.3 is 5.97 Å². The Hall–Kier alpha value is -1.35. The van der Waals surface area contributed by atoms with Gasteiger partial charge in [0.25, 0.3) is 0 Å². The molecule has 82 valence electrons. The third kappa shape index (κ3) is 3.36. The second-order valence-electron chi connectivity index (χ2n) is 3.48. The van der Waals surface area contributed by atoms with Crippen molar-refractivity contribution in [3.05, 3.63) is 35.4 Å². The summed E-state index contributed by atoms with van der Waals surface area (Å²) in [5.74, 6) is -0.581. The lowest BCUT2D eigenvalue weighted by atomic mass is 10.1. The molecule has 0 fully saturated rings. The van der Waals surface area contributed by atoms with E-state index in [-0.39, 0.29) is 0 Å². The van der Waals surface area contributed by atoms with Crippen molar-refractivity contribution < 1.29 is 14.6 Å². The van der Waals surface area contributed by atoms with Crippen LogP contribution in [0.4, 0.5) is 0 Å². The van der Waals surface area contributed by atoms with Crippen molar-refractivity contribution >= 4 is 5.97 Å². The lowest BCUT2D eigenvalue weighted by Gasteiger charge is -2.10. The number of esters is 1. The smallest absolute Gasteiger partial charge is 0.339 e. The van der Waals surface area contributed by atoms with E-state index in [0.717, 1.165) is 12.0 Å². The maximum atomic E-state index is 11.3. The zero-order chi connectivity index (χ0) is 11.3. The second kappa shape index (κ2) is 5.51. The third-order valence-corrected chi connectivity index (χ3v) is 2.03. The van der Waals surface area contributed by atoms with Crippen LogP contribution in [0.1, 0.15) is 30.6 Å². The molecule has 1 aromatic carbocycles. The molecule has 1 rings (SSSR count). The first-order chi connectivity index (χ1) is 7.15. The summed E-state index contributed by atoms with van der Waals surface area (Å²) in [7, 11) is 0. The van der Waals surface area contributed by atoms with Gasteiger partial charge in [-0.15, -0.1) is 0 Å². The molecule has 15 heavy (non-hydrogen) atoms. The summed E-state index contributed by atoms with van der Waals surface area (Å²) >= 11 is 0. The molecule has 0 amide bonds. The third-order valence-electron chi connectivity index (χ3n) is 2.03. The molecule has 0 spiro atoms. The van der Waals surface area contributed by atoms with Crippen LogP contribution in [0.5, 0.6) is 0 Å². The molecular weight excluding hydrogens is 192 g/mol. The van der Waals surface area contributed by atoms with Crippen molar-refractivity contribution in [3.63, 3.8) is 0 Å². The summed E-state index contributed by atoms with van der Waals surface area (Å²) in [6.45, 7) is 4.17. The molecule has 0 aliphatic heterocycles. The zero-order valence-electron chi connectivity index (χ0n) is 9.06. The number of rotatable bonds is 4. The van der Waals surface area contributed by atoms with Crippen LogP contribution in [0, 0.1) is 6.92 Å². The van der Waals surface area contributed by atoms with Gasteiger partial charge in [-0.25, -0.2) is 4.79 Å². The van der Waals surface area contributed by atoms with Gasteiger partial charge in [-0.3, -0.25) is 0 Å². The Morgan fingerprint density at radius 3 is 2.87 bits per heavy atom. The molecule has 0 bridgehead atoms. The van der Waals surface area contributed by atoms with Crippen molar-refractivity contribution in [2.45, 2.75) is 26.4 Å². The Balaban J connectivity index is 2.67. The topological polar surface area (TPSA) is 46.5 Å². The highest BCUT2D eigenvalue weighted by Gasteiger charge is 2.18. The van der Waals surface area contributed by atoms with E-state index in [2.05, 4.69) is 0 Å². The van der Waals surface area contributed by atoms with Crippen molar-refractivity contribution in [3.8, 4) is 0 Å². The molecule has 1 aromatic rings. The summed E-state index contributed by atoms with van der Waals surface area (Å²) < 4.78 is 4.86. The van der Waals surface area contributed by atoms with Crippen molar-refractivity contribution in [2.24, 2.45) is 0 Å². The number of aryl methyl sites for hydroxylation is 1.